The number of hydrogen-bond donors (Lipinski definition) is 1. The van der Waals surface area contributed by atoms with E-state index < -0.39 is 0 Å². The summed E-state index contributed by atoms with van der Waals surface area (Å²) in [6, 6.07) is 3.69. The highest BCUT2D eigenvalue weighted by atomic mass is 16.1. The number of hydrogen-bond acceptors (Lipinski definition) is 4. The van der Waals surface area contributed by atoms with Crippen molar-refractivity contribution in [2.45, 2.75) is 6.54 Å². The summed E-state index contributed by atoms with van der Waals surface area (Å²) < 4.78 is 1.46. The minimum absolute atomic E-state index is 0.305. The lowest BCUT2D eigenvalue weighted by Gasteiger charge is -2.04. The van der Waals surface area contributed by atoms with Crippen molar-refractivity contribution in [1.82, 2.24) is 14.5 Å². The molecular weight excluding hydrogens is 192 g/mol. The van der Waals surface area contributed by atoms with Crippen LogP contribution in [0.15, 0.2) is 41.7 Å². The fraction of sp³-hybridized carbons (Fsp3) is 0.100. The van der Waals surface area contributed by atoms with Gasteiger partial charge in [-0.3, -0.25) is 9.55 Å². The van der Waals surface area contributed by atoms with Crippen molar-refractivity contribution in [1.29, 1.82) is 0 Å². The summed E-state index contributed by atoms with van der Waals surface area (Å²) in [6.07, 6.45) is 6.29. The van der Waals surface area contributed by atoms with Crippen LogP contribution in [0.25, 0.3) is 0 Å². The zero-order chi connectivity index (χ0) is 10.7. The van der Waals surface area contributed by atoms with E-state index in [4.69, 9.17) is 5.73 Å². The Morgan fingerprint density at radius 3 is 2.80 bits per heavy atom. The number of nitrogens with zero attached hydrogens (tertiary/aromatic N) is 3. The average molecular weight is 202 g/mol. The highest BCUT2D eigenvalue weighted by Crippen LogP contribution is 2.00. The van der Waals surface area contributed by atoms with Crippen LogP contribution in [0.5, 0.6) is 0 Å². The molecule has 0 saturated heterocycles. The summed E-state index contributed by atoms with van der Waals surface area (Å²) in [5.74, 6) is 0. The van der Waals surface area contributed by atoms with Crippen molar-refractivity contribution >= 4 is 5.69 Å². The molecule has 5 nitrogen and oxygen atoms in total. The quantitative estimate of drug-likeness (QED) is 0.758. The Bertz CT molecular complexity index is 506. The maximum Gasteiger partial charge on any atom is 0.347 e. The molecule has 76 valence electrons. The van der Waals surface area contributed by atoms with Gasteiger partial charge in [0, 0.05) is 18.6 Å². The molecular formula is C10H10N4O. The van der Waals surface area contributed by atoms with Gasteiger partial charge < -0.3 is 5.73 Å². The molecule has 0 aliphatic carbocycles. The van der Waals surface area contributed by atoms with Crippen molar-refractivity contribution in [3.63, 3.8) is 0 Å². The highest BCUT2D eigenvalue weighted by molar-refractivity contribution is 5.30. The lowest BCUT2D eigenvalue weighted by Crippen LogP contribution is -2.23. The topological polar surface area (TPSA) is 73.8 Å². The Balaban J connectivity index is 2.32. The van der Waals surface area contributed by atoms with Crippen LogP contribution in [0.2, 0.25) is 0 Å². The molecule has 2 N–H and O–H groups in total. The van der Waals surface area contributed by atoms with Crippen LogP contribution in [-0.2, 0) is 6.54 Å². The zero-order valence-corrected chi connectivity index (χ0v) is 8.00. The summed E-state index contributed by atoms with van der Waals surface area (Å²) in [6.45, 7) is 0.458. The molecule has 0 atom stereocenters. The van der Waals surface area contributed by atoms with Crippen LogP contribution in [0.3, 0.4) is 0 Å². The third-order valence-electron chi connectivity index (χ3n) is 1.98. The van der Waals surface area contributed by atoms with Gasteiger partial charge in [-0.1, -0.05) is 0 Å². The summed E-state index contributed by atoms with van der Waals surface area (Å²) in [7, 11) is 0. The van der Waals surface area contributed by atoms with Gasteiger partial charge >= 0.3 is 5.69 Å². The van der Waals surface area contributed by atoms with E-state index in [0.29, 0.717) is 12.2 Å². The van der Waals surface area contributed by atoms with Crippen molar-refractivity contribution in [3.8, 4) is 0 Å². The Kier molecular flexibility index (Phi) is 2.45. The molecule has 0 bridgehead atoms. The third kappa shape index (κ3) is 2.19. The molecule has 0 aliphatic heterocycles. The van der Waals surface area contributed by atoms with E-state index in [9.17, 15) is 4.79 Å². The summed E-state index contributed by atoms with van der Waals surface area (Å²) in [5.41, 5.74) is 6.70. The number of anilines is 1. The normalized spacial score (nSPS) is 10.1. The number of nitrogens with two attached hydrogens (primary N) is 1. The molecule has 15 heavy (non-hydrogen) atoms. The summed E-state index contributed by atoms with van der Waals surface area (Å²) >= 11 is 0. The van der Waals surface area contributed by atoms with Crippen LogP contribution in [0, 0.1) is 0 Å². The Hall–Kier alpha value is -2.17. The smallest absolute Gasteiger partial charge is 0.347 e. The fourth-order valence-electron chi connectivity index (χ4n) is 1.27. The molecule has 0 unspecified atom stereocenters. The van der Waals surface area contributed by atoms with Gasteiger partial charge in [-0.2, -0.15) is 4.98 Å². The molecule has 0 saturated carbocycles. The van der Waals surface area contributed by atoms with E-state index in [2.05, 4.69) is 9.97 Å². The largest absolute Gasteiger partial charge is 0.396 e. The second-order valence-corrected chi connectivity index (χ2v) is 3.15. The molecule has 0 spiro atoms. The van der Waals surface area contributed by atoms with Gasteiger partial charge in [0.05, 0.1) is 18.4 Å². The molecule has 2 aromatic rings. The highest BCUT2D eigenvalue weighted by Gasteiger charge is 1.98. The van der Waals surface area contributed by atoms with Crippen LogP contribution in [0.4, 0.5) is 5.69 Å². The van der Waals surface area contributed by atoms with E-state index in [1.54, 1.807) is 18.6 Å². The van der Waals surface area contributed by atoms with Gasteiger partial charge in [-0.15, -0.1) is 0 Å². The lowest BCUT2D eigenvalue weighted by atomic mass is 10.3. The molecule has 2 heterocycles. The van der Waals surface area contributed by atoms with Crippen LogP contribution < -0.4 is 11.4 Å². The molecule has 0 aliphatic rings. The predicted molar refractivity (Wildman–Crippen MR) is 56.2 cm³/mol. The lowest BCUT2D eigenvalue weighted by molar-refractivity contribution is 0.728. The SMILES string of the molecule is Nc1cnc(=O)n(Cc2ccncc2)c1. The van der Waals surface area contributed by atoms with Crippen LogP contribution in [0.1, 0.15) is 5.56 Å². The van der Waals surface area contributed by atoms with Gasteiger partial charge in [0.15, 0.2) is 0 Å². The molecule has 2 aromatic heterocycles. The van der Waals surface area contributed by atoms with Gasteiger partial charge in [0.1, 0.15) is 0 Å². The van der Waals surface area contributed by atoms with E-state index in [1.807, 2.05) is 12.1 Å². The van der Waals surface area contributed by atoms with Crippen LogP contribution in [-0.4, -0.2) is 14.5 Å². The first kappa shape index (κ1) is 9.39. The maximum absolute atomic E-state index is 11.4. The maximum atomic E-state index is 11.4. The van der Waals surface area contributed by atoms with E-state index in [0.717, 1.165) is 5.56 Å². The number of rotatable bonds is 2. The Morgan fingerprint density at radius 1 is 1.33 bits per heavy atom. The molecule has 0 amide bonds. The number of pyridine rings is 1. The van der Waals surface area contributed by atoms with Crippen molar-refractivity contribution in [3.05, 3.63) is 53.0 Å². The number of nitrogen functional groups attached to an aromatic ring is 1. The van der Waals surface area contributed by atoms with Crippen molar-refractivity contribution in [2.75, 3.05) is 5.73 Å². The molecule has 0 aromatic carbocycles. The molecule has 5 heteroatoms. The average Bonchev–Trinajstić information content (AvgIpc) is 2.25. The first-order chi connectivity index (χ1) is 7.25. The molecule has 0 fully saturated rings. The Labute approximate surface area is 86.2 Å². The first-order valence-corrected chi connectivity index (χ1v) is 4.46. The minimum Gasteiger partial charge on any atom is -0.396 e. The monoisotopic (exact) mass is 202 g/mol. The standard InChI is InChI=1S/C10H10N4O/c11-9-5-13-10(15)14(7-9)6-8-1-3-12-4-2-8/h1-5,7H,6,11H2. The fourth-order valence-corrected chi connectivity index (χ4v) is 1.27. The van der Waals surface area contributed by atoms with Gasteiger partial charge in [-0.05, 0) is 17.7 Å². The predicted octanol–water partition coefficient (Wildman–Crippen LogP) is 0.269. The van der Waals surface area contributed by atoms with Crippen LogP contribution >= 0.6 is 0 Å². The summed E-state index contributed by atoms with van der Waals surface area (Å²) in [5, 5.41) is 0. The van der Waals surface area contributed by atoms with Gasteiger partial charge in [0.2, 0.25) is 0 Å². The first-order valence-electron chi connectivity index (χ1n) is 4.46. The second-order valence-electron chi connectivity index (χ2n) is 3.15. The van der Waals surface area contributed by atoms with Gasteiger partial charge in [-0.25, -0.2) is 4.79 Å². The summed E-state index contributed by atoms with van der Waals surface area (Å²) in [4.78, 5) is 18.9. The number of aromatic nitrogens is 3. The van der Waals surface area contributed by atoms with Gasteiger partial charge in [0.25, 0.3) is 0 Å². The Morgan fingerprint density at radius 2 is 2.07 bits per heavy atom. The molecule has 2 rings (SSSR count). The molecule has 0 radical (unpaired) electrons. The van der Waals surface area contributed by atoms with Crippen molar-refractivity contribution in [2.24, 2.45) is 0 Å². The second kappa shape index (κ2) is 3.91. The zero-order valence-electron chi connectivity index (χ0n) is 8.00. The van der Waals surface area contributed by atoms with E-state index in [1.165, 1.54) is 10.8 Å². The van der Waals surface area contributed by atoms with E-state index in [-0.39, 0.29) is 5.69 Å². The minimum atomic E-state index is -0.305. The third-order valence-corrected chi connectivity index (χ3v) is 1.98. The van der Waals surface area contributed by atoms with Crippen molar-refractivity contribution < 1.29 is 0 Å². The van der Waals surface area contributed by atoms with E-state index >= 15 is 0 Å².